The first-order valence-corrected chi connectivity index (χ1v) is 9.80. The Morgan fingerprint density at radius 1 is 0.964 bits per heavy atom. The number of nitrogens with one attached hydrogen (secondary N) is 2. The Morgan fingerprint density at radius 3 is 2.57 bits per heavy atom. The van der Waals surface area contributed by atoms with Crippen molar-refractivity contribution in [3.05, 3.63) is 66.2 Å². The Morgan fingerprint density at radius 2 is 1.79 bits per heavy atom. The lowest BCUT2D eigenvalue weighted by Crippen LogP contribution is -2.23. The van der Waals surface area contributed by atoms with Gasteiger partial charge < -0.3 is 10.6 Å². The molecule has 2 N–H and O–H groups in total. The molecule has 28 heavy (non-hydrogen) atoms. The zero-order valence-electron chi connectivity index (χ0n) is 15.7. The van der Waals surface area contributed by atoms with Crippen LogP contribution in [0, 0.1) is 5.82 Å². The van der Waals surface area contributed by atoms with Crippen LogP contribution in [-0.4, -0.2) is 21.0 Å². The Bertz CT molecular complexity index is 910. The highest BCUT2D eigenvalue weighted by Gasteiger charge is 2.15. The molecule has 0 unspecified atom stereocenters. The second kappa shape index (κ2) is 8.78. The van der Waals surface area contributed by atoms with Gasteiger partial charge in [0, 0.05) is 36.6 Å². The highest BCUT2D eigenvalue weighted by molar-refractivity contribution is 5.64. The lowest BCUT2D eigenvalue weighted by molar-refractivity contribution is 0.461. The molecular weight excluding hydrogens is 353 g/mol. The zero-order chi connectivity index (χ0) is 19.2. The fourth-order valence-electron chi connectivity index (χ4n) is 3.54. The van der Waals surface area contributed by atoms with Crippen molar-refractivity contribution in [2.24, 2.45) is 0 Å². The summed E-state index contributed by atoms with van der Waals surface area (Å²) in [5, 5.41) is 6.80. The number of hydrogen-bond donors (Lipinski definition) is 2. The van der Waals surface area contributed by atoms with Crippen LogP contribution < -0.4 is 10.6 Å². The van der Waals surface area contributed by atoms with Crippen LogP contribution in [0.25, 0.3) is 11.3 Å². The third-order valence-electron chi connectivity index (χ3n) is 5.00. The molecule has 2 heterocycles. The summed E-state index contributed by atoms with van der Waals surface area (Å²) in [4.78, 5) is 13.4. The van der Waals surface area contributed by atoms with Gasteiger partial charge in [-0.05, 0) is 42.7 Å². The van der Waals surface area contributed by atoms with Gasteiger partial charge in [-0.1, -0.05) is 31.4 Å². The van der Waals surface area contributed by atoms with Crippen LogP contribution in [0.1, 0.15) is 37.7 Å². The molecule has 0 amide bonds. The van der Waals surface area contributed by atoms with E-state index in [1.165, 1.54) is 31.4 Å². The van der Waals surface area contributed by atoms with E-state index in [0.717, 1.165) is 29.7 Å². The summed E-state index contributed by atoms with van der Waals surface area (Å²) >= 11 is 0. The van der Waals surface area contributed by atoms with Crippen molar-refractivity contribution in [2.45, 2.75) is 44.7 Å². The van der Waals surface area contributed by atoms with E-state index in [1.807, 2.05) is 24.3 Å². The second-order valence-corrected chi connectivity index (χ2v) is 7.16. The highest BCUT2D eigenvalue weighted by atomic mass is 19.1. The molecule has 4 rings (SSSR count). The molecule has 1 aliphatic carbocycles. The molecule has 0 radical (unpaired) electrons. The fraction of sp³-hybridized carbons (Fsp3) is 0.318. The molecule has 0 aliphatic heterocycles. The normalized spacial score (nSPS) is 14.6. The topological polar surface area (TPSA) is 62.7 Å². The first-order valence-electron chi connectivity index (χ1n) is 9.80. The average molecular weight is 377 g/mol. The Kier molecular flexibility index (Phi) is 5.75. The van der Waals surface area contributed by atoms with Gasteiger partial charge in [-0.25, -0.2) is 9.37 Å². The number of aromatic nitrogens is 3. The molecule has 0 atom stereocenters. The first-order chi connectivity index (χ1) is 13.8. The summed E-state index contributed by atoms with van der Waals surface area (Å²) in [5.41, 5.74) is 2.68. The van der Waals surface area contributed by atoms with Gasteiger partial charge in [0.15, 0.2) is 0 Å². The predicted octanol–water partition coefficient (Wildman–Crippen LogP) is 5.03. The van der Waals surface area contributed by atoms with Crippen LogP contribution in [0.4, 0.5) is 16.2 Å². The molecule has 1 saturated carbocycles. The first kappa shape index (κ1) is 18.3. The molecule has 1 fully saturated rings. The van der Waals surface area contributed by atoms with E-state index in [0.29, 0.717) is 24.4 Å². The lowest BCUT2D eigenvalue weighted by Gasteiger charge is -2.23. The molecule has 6 heteroatoms. The third-order valence-corrected chi connectivity index (χ3v) is 5.00. The smallest absolute Gasteiger partial charge is 0.225 e. The summed E-state index contributed by atoms with van der Waals surface area (Å²) in [5.74, 6) is 1.10. The van der Waals surface area contributed by atoms with E-state index in [1.54, 1.807) is 18.5 Å². The van der Waals surface area contributed by atoms with Crippen LogP contribution in [0.3, 0.4) is 0 Å². The van der Waals surface area contributed by atoms with Gasteiger partial charge in [0.1, 0.15) is 11.6 Å². The minimum absolute atomic E-state index is 0.237. The maximum Gasteiger partial charge on any atom is 0.225 e. The van der Waals surface area contributed by atoms with Crippen LogP contribution in [0.5, 0.6) is 0 Å². The van der Waals surface area contributed by atoms with Gasteiger partial charge in [-0.15, -0.1) is 0 Å². The average Bonchev–Trinajstić information content (AvgIpc) is 2.74. The number of nitrogens with zero attached hydrogens (tertiary/aromatic N) is 3. The molecule has 1 aromatic carbocycles. The second-order valence-electron chi connectivity index (χ2n) is 7.16. The van der Waals surface area contributed by atoms with Crippen LogP contribution in [0.2, 0.25) is 0 Å². The molecule has 144 valence electrons. The van der Waals surface area contributed by atoms with Gasteiger partial charge in [0.25, 0.3) is 0 Å². The molecule has 0 spiro atoms. The van der Waals surface area contributed by atoms with Crippen molar-refractivity contribution in [1.82, 2.24) is 15.0 Å². The maximum absolute atomic E-state index is 13.4. The van der Waals surface area contributed by atoms with Crippen molar-refractivity contribution >= 4 is 11.8 Å². The molecule has 0 saturated heterocycles. The minimum atomic E-state index is -0.237. The molecule has 0 bridgehead atoms. The summed E-state index contributed by atoms with van der Waals surface area (Å²) in [6, 6.07) is 12.8. The van der Waals surface area contributed by atoms with Gasteiger partial charge in [0.05, 0.1) is 5.69 Å². The molecular formula is C22H24FN5. The van der Waals surface area contributed by atoms with Crippen molar-refractivity contribution in [3.8, 4) is 11.3 Å². The number of anilines is 2. The lowest BCUT2D eigenvalue weighted by atomic mass is 9.96. The quantitative estimate of drug-likeness (QED) is 0.630. The number of halogens is 1. The molecule has 1 aliphatic rings. The molecule has 3 aromatic rings. The summed E-state index contributed by atoms with van der Waals surface area (Å²) < 4.78 is 13.4. The van der Waals surface area contributed by atoms with E-state index in [-0.39, 0.29) is 5.82 Å². The van der Waals surface area contributed by atoms with E-state index in [4.69, 9.17) is 4.98 Å². The van der Waals surface area contributed by atoms with E-state index < -0.39 is 0 Å². The van der Waals surface area contributed by atoms with Gasteiger partial charge in [0.2, 0.25) is 5.95 Å². The standard InChI is InChI=1S/C22H24FN5/c23-18-6-4-5-16(13-18)15-25-21-14-20(17-9-11-24-12-10-17)27-22(28-21)26-19-7-2-1-3-8-19/h4-6,9-14,19H,1-3,7-8,15H2,(H2,25,26,27,28). The van der Waals surface area contributed by atoms with E-state index in [9.17, 15) is 4.39 Å². The summed E-state index contributed by atoms with van der Waals surface area (Å²) in [7, 11) is 0. The van der Waals surface area contributed by atoms with Gasteiger partial charge in [-0.2, -0.15) is 4.98 Å². The van der Waals surface area contributed by atoms with Crippen molar-refractivity contribution in [2.75, 3.05) is 10.6 Å². The summed E-state index contributed by atoms with van der Waals surface area (Å²) in [6.45, 7) is 0.493. The molecule has 5 nitrogen and oxygen atoms in total. The predicted molar refractivity (Wildman–Crippen MR) is 109 cm³/mol. The van der Waals surface area contributed by atoms with Crippen molar-refractivity contribution in [1.29, 1.82) is 0 Å². The highest BCUT2D eigenvalue weighted by Crippen LogP contribution is 2.24. The van der Waals surface area contributed by atoms with Crippen molar-refractivity contribution < 1.29 is 4.39 Å². The largest absolute Gasteiger partial charge is 0.366 e. The van der Waals surface area contributed by atoms with E-state index in [2.05, 4.69) is 20.6 Å². The zero-order valence-corrected chi connectivity index (χ0v) is 15.7. The maximum atomic E-state index is 13.4. The van der Waals surface area contributed by atoms with Gasteiger partial charge >= 0.3 is 0 Å². The van der Waals surface area contributed by atoms with Crippen LogP contribution in [0.15, 0.2) is 54.9 Å². The van der Waals surface area contributed by atoms with E-state index >= 15 is 0 Å². The minimum Gasteiger partial charge on any atom is -0.366 e. The molecule has 2 aromatic heterocycles. The fourth-order valence-corrected chi connectivity index (χ4v) is 3.54. The number of pyridine rings is 1. The Labute approximate surface area is 164 Å². The number of hydrogen-bond acceptors (Lipinski definition) is 5. The monoisotopic (exact) mass is 377 g/mol. The Hall–Kier alpha value is -3.02. The third kappa shape index (κ3) is 4.82. The van der Waals surface area contributed by atoms with Crippen LogP contribution >= 0.6 is 0 Å². The SMILES string of the molecule is Fc1cccc(CNc2cc(-c3ccncc3)nc(NC3CCCCC3)n2)c1. The Balaban J connectivity index is 1.57. The summed E-state index contributed by atoms with van der Waals surface area (Å²) in [6.07, 6.45) is 9.59. The van der Waals surface area contributed by atoms with Gasteiger partial charge in [-0.3, -0.25) is 4.98 Å². The van der Waals surface area contributed by atoms with Crippen LogP contribution in [-0.2, 0) is 6.54 Å². The number of rotatable bonds is 6. The number of benzene rings is 1. The van der Waals surface area contributed by atoms with Crippen molar-refractivity contribution in [3.63, 3.8) is 0 Å².